The molecular formula is C14H19ClN2O. The first kappa shape index (κ1) is 13.4. The van der Waals surface area contributed by atoms with Gasteiger partial charge in [0.15, 0.2) is 0 Å². The molecule has 0 fully saturated rings. The molecule has 0 saturated heterocycles. The summed E-state index contributed by atoms with van der Waals surface area (Å²) < 4.78 is 7.31. The van der Waals surface area contributed by atoms with E-state index in [-0.39, 0.29) is 0 Å². The molecule has 2 rings (SSSR count). The predicted octanol–water partition coefficient (Wildman–Crippen LogP) is 2.92. The molecule has 0 bridgehead atoms. The lowest BCUT2D eigenvalue weighted by Crippen LogP contribution is -2.32. The minimum Gasteiger partial charge on any atom is -0.383 e. The van der Waals surface area contributed by atoms with Crippen LogP contribution >= 0.6 is 11.6 Å². The number of nitrogens with one attached hydrogen (secondary N) is 1. The Morgan fingerprint density at radius 3 is 3.00 bits per heavy atom. The number of ether oxygens (including phenoxy) is 1. The van der Waals surface area contributed by atoms with E-state index in [2.05, 4.69) is 35.1 Å². The molecule has 0 amide bonds. The zero-order chi connectivity index (χ0) is 13.0. The number of aromatic nitrogens is 1. The fourth-order valence-electron chi connectivity index (χ4n) is 2.09. The maximum absolute atomic E-state index is 6.03. The minimum atomic E-state index is 0.375. The lowest BCUT2D eigenvalue weighted by atomic mass is 10.2. The van der Waals surface area contributed by atoms with Crippen LogP contribution < -0.4 is 5.32 Å². The Bertz CT molecular complexity index is 509. The first-order valence-corrected chi connectivity index (χ1v) is 6.55. The van der Waals surface area contributed by atoms with E-state index < -0.39 is 0 Å². The molecule has 2 aromatic rings. The largest absolute Gasteiger partial charge is 0.383 e. The standard InChI is InChI=1S/C14H19ClN2O/c1-11(10-18-2)16-6-8-17-7-5-12-3-4-13(15)9-14(12)17/h3-5,7,9,11,16H,6,8,10H2,1-2H3. The van der Waals surface area contributed by atoms with Crippen LogP contribution in [0.15, 0.2) is 30.5 Å². The van der Waals surface area contributed by atoms with Crippen molar-refractivity contribution in [2.45, 2.75) is 19.5 Å². The Labute approximate surface area is 113 Å². The number of methoxy groups -OCH3 is 1. The van der Waals surface area contributed by atoms with E-state index in [4.69, 9.17) is 16.3 Å². The molecule has 1 aromatic heterocycles. The molecule has 1 N–H and O–H groups in total. The van der Waals surface area contributed by atoms with Crippen molar-refractivity contribution in [3.63, 3.8) is 0 Å². The van der Waals surface area contributed by atoms with Crippen LogP contribution in [0.5, 0.6) is 0 Å². The summed E-state index contributed by atoms with van der Waals surface area (Å²) in [6.45, 7) is 4.70. The highest BCUT2D eigenvalue weighted by molar-refractivity contribution is 6.31. The molecule has 0 aliphatic heterocycles. The third-order valence-electron chi connectivity index (χ3n) is 3.00. The van der Waals surface area contributed by atoms with Gasteiger partial charge in [0.1, 0.15) is 0 Å². The Morgan fingerprint density at radius 1 is 1.39 bits per heavy atom. The lowest BCUT2D eigenvalue weighted by molar-refractivity contribution is 0.172. The second-order valence-corrected chi connectivity index (χ2v) is 4.96. The summed E-state index contributed by atoms with van der Waals surface area (Å²) in [4.78, 5) is 0. The van der Waals surface area contributed by atoms with E-state index in [1.165, 1.54) is 10.9 Å². The number of hydrogen-bond acceptors (Lipinski definition) is 2. The summed E-state index contributed by atoms with van der Waals surface area (Å²) in [5, 5.41) is 5.43. The molecule has 0 aliphatic rings. The first-order chi connectivity index (χ1) is 8.70. The van der Waals surface area contributed by atoms with Gasteiger partial charge in [-0.05, 0) is 30.5 Å². The van der Waals surface area contributed by atoms with Crippen LogP contribution in [0, 0.1) is 0 Å². The van der Waals surface area contributed by atoms with Crippen LogP contribution in [-0.4, -0.2) is 30.9 Å². The number of rotatable bonds is 6. The van der Waals surface area contributed by atoms with Crippen LogP contribution in [-0.2, 0) is 11.3 Å². The van der Waals surface area contributed by atoms with Crippen molar-refractivity contribution in [1.82, 2.24) is 9.88 Å². The first-order valence-electron chi connectivity index (χ1n) is 6.17. The molecule has 98 valence electrons. The van der Waals surface area contributed by atoms with Gasteiger partial charge >= 0.3 is 0 Å². The monoisotopic (exact) mass is 266 g/mol. The van der Waals surface area contributed by atoms with Crippen molar-refractivity contribution in [2.75, 3.05) is 20.3 Å². The Balaban J connectivity index is 1.97. The number of fused-ring (bicyclic) bond motifs is 1. The highest BCUT2D eigenvalue weighted by atomic mass is 35.5. The summed E-state index contributed by atoms with van der Waals surface area (Å²) in [5.41, 5.74) is 1.18. The molecule has 1 aromatic carbocycles. The van der Waals surface area contributed by atoms with Crippen molar-refractivity contribution in [3.05, 3.63) is 35.5 Å². The van der Waals surface area contributed by atoms with E-state index in [0.717, 1.165) is 24.7 Å². The van der Waals surface area contributed by atoms with Crippen molar-refractivity contribution < 1.29 is 4.74 Å². The molecule has 1 atom stereocenters. The number of hydrogen-bond donors (Lipinski definition) is 1. The average Bonchev–Trinajstić information content (AvgIpc) is 2.72. The summed E-state index contributed by atoms with van der Waals surface area (Å²) in [6.07, 6.45) is 2.10. The second-order valence-electron chi connectivity index (χ2n) is 4.52. The molecule has 0 radical (unpaired) electrons. The van der Waals surface area contributed by atoms with Crippen LogP contribution in [0.3, 0.4) is 0 Å². The van der Waals surface area contributed by atoms with Crippen LogP contribution in [0.2, 0.25) is 5.02 Å². The average molecular weight is 267 g/mol. The highest BCUT2D eigenvalue weighted by Crippen LogP contribution is 2.20. The fourth-order valence-corrected chi connectivity index (χ4v) is 2.26. The van der Waals surface area contributed by atoms with Crippen molar-refractivity contribution in [1.29, 1.82) is 0 Å². The Morgan fingerprint density at radius 2 is 2.22 bits per heavy atom. The van der Waals surface area contributed by atoms with Gasteiger partial charge in [-0.15, -0.1) is 0 Å². The van der Waals surface area contributed by atoms with Crippen molar-refractivity contribution >= 4 is 22.5 Å². The summed E-state index contributed by atoms with van der Waals surface area (Å²) in [6, 6.07) is 8.47. The van der Waals surface area contributed by atoms with E-state index in [1.807, 2.05) is 12.1 Å². The van der Waals surface area contributed by atoms with Crippen LogP contribution in [0.25, 0.3) is 10.9 Å². The van der Waals surface area contributed by atoms with Crippen LogP contribution in [0.4, 0.5) is 0 Å². The SMILES string of the molecule is COCC(C)NCCn1ccc2ccc(Cl)cc21. The molecule has 3 nitrogen and oxygen atoms in total. The molecule has 18 heavy (non-hydrogen) atoms. The van der Waals surface area contributed by atoms with Gasteiger partial charge in [-0.3, -0.25) is 0 Å². The normalized spacial score (nSPS) is 13.1. The lowest BCUT2D eigenvalue weighted by Gasteiger charge is -2.13. The van der Waals surface area contributed by atoms with E-state index in [9.17, 15) is 0 Å². The molecule has 0 aliphatic carbocycles. The van der Waals surface area contributed by atoms with Gasteiger partial charge in [0.25, 0.3) is 0 Å². The molecular weight excluding hydrogens is 248 g/mol. The third kappa shape index (κ3) is 3.25. The number of nitrogens with zero attached hydrogens (tertiary/aromatic N) is 1. The van der Waals surface area contributed by atoms with Crippen molar-refractivity contribution in [2.24, 2.45) is 0 Å². The van der Waals surface area contributed by atoms with Gasteiger partial charge in [-0.1, -0.05) is 17.7 Å². The smallest absolute Gasteiger partial charge is 0.0613 e. The molecule has 4 heteroatoms. The number of halogens is 1. The second kappa shape index (κ2) is 6.23. The maximum Gasteiger partial charge on any atom is 0.0613 e. The molecule has 1 unspecified atom stereocenters. The van der Waals surface area contributed by atoms with Gasteiger partial charge in [-0.25, -0.2) is 0 Å². The topological polar surface area (TPSA) is 26.2 Å². The predicted molar refractivity (Wildman–Crippen MR) is 76.3 cm³/mol. The molecule has 0 saturated carbocycles. The minimum absolute atomic E-state index is 0.375. The summed E-state index contributed by atoms with van der Waals surface area (Å²) in [5.74, 6) is 0. The van der Waals surface area contributed by atoms with Crippen molar-refractivity contribution in [3.8, 4) is 0 Å². The summed E-state index contributed by atoms with van der Waals surface area (Å²) >= 11 is 6.03. The van der Waals surface area contributed by atoms with Gasteiger partial charge in [0, 0.05) is 43.0 Å². The van der Waals surface area contributed by atoms with Gasteiger partial charge < -0.3 is 14.6 Å². The zero-order valence-electron chi connectivity index (χ0n) is 10.8. The van der Waals surface area contributed by atoms with E-state index >= 15 is 0 Å². The molecule has 1 heterocycles. The maximum atomic E-state index is 6.03. The Hall–Kier alpha value is -1.03. The third-order valence-corrected chi connectivity index (χ3v) is 3.23. The van der Waals surface area contributed by atoms with Gasteiger partial charge in [-0.2, -0.15) is 0 Å². The van der Waals surface area contributed by atoms with Gasteiger partial charge in [0.2, 0.25) is 0 Å². The van der Waals surface area contributed by atoms with Crippen LogP contribution in [0.1, 0.15) is 6.92 Å². The van der Waals surface area contributed by atoms with Gasteiger partial charge in [0.05, 0.1) is 6.61 Å². The summed E-state index contributed by atoms with van der Waals surface area (Å²) in [7, 11) is 1.72. The van der Waals surface area contributed by atoms with E-state index in [1.54, 1.807) is 7.11 Å². The molecule has 0 spiro atoms. The Kier molecular flexibility index (Phi) is 4.64. The fraction of sp³-hybridized carbons (Fsp3) is 0.429. The number of benzene rings is 1. The quantitative estimate of drug-likeness (QED) is 0.870. The zero-order valence-corrected chi connectivity index (χ0v) is 11.6. The van der Waals surface area contributed by atoms with E-state index in [0.29, 0.717) is 6.04 Å². The highest BCUT2D eigenvalue weighted by Gasteiger charge is 2.03.